The van der Waals surface area contributed by atoms with Gasteiger partial charge in [0, 0.05) is 6.21 Å². The fourth-order valence-electron chi connectivity index (χ4n) is 0.213. The quantitative estimate of drug-likeness (QED) is 0.209. The van der Waals surface area contributed by atoms with E-state index in [-0.39, 0.29) is 0 Å². The molecule has 0 radical (unpaired) electrons. The lowest BCUT2D eigenvalue weighted by Gasteiger charge is -1.79. The lowest BCUT2D eigenvalue weighted by Crippen LogP contribution is -1.82. The van der Waals surface area contributed by atoms with Crippen molar-refractivity contribution in [1.82, 2.24) is 0 Å². The fraction of sp³-hybridized carbons (Fsp3) is 0.500. The van der Waals surface area contributed by atoms with Gasteiger partial charge in [0.15, 0.2) is 5.84 Å². The van der Waals surface area contributed by atoms with E-state index in [0.717, 1.165) is 0 Å². The predicted octanol–water partition coefficient (Wildman–Crippen LogP) is 0.885. The largest absolute Gasteiger partial charge is 0.409 e. The number of rotatable bonds is 0. The molecule has 1 N–H and O–H groups in total. The van der Waals surface area contributed by atoms with Crippen molar-refractivity contribution in [2.75, 3.05) is 0 Å². The number of nitrogens with zero attached hydrogens (tertiary/aromatic N) is 2. The third-order valence-corrected chi connectivity index (χ3v) is 0.461. The Bertz CT molecular complexity index is 95.9. The van der Waals surface area contributed by atoms with E-state index in [1.807, 2.05) is 0 Å². The van der Waals surface area contributed by atoms with Crippen molar-refractivity contribution in [2.24, 2.45) is 10.1 Å². The molecule has 0 spiro atoms. The average molecular weight is 100 g/mol. The van der Waals surface area contributed by atoms with Crippen LogP contribution >= 0.6 is 0 Å². The van der Waals surface area contributed by atoms with Crippen LogP contribution in [0.1, 0.15) is 13.8 Å². The second kappa shape index (κ2) is 3.33. The Morgan fingerprint density at radius 3 is 2.43 bits per heavy atom. The van der Waals surface area contributed by atoms with Crippen molar-refractivity contribution >= 4 is 12.1 Å². The minimum Gasteiger partial charge on any atom is -0.409 e. The molecule has 0 rings (SSSR count). The first-order valence-corrected chi connectivity index (χ1v) is 1.98. The zero-order valence-electron chi connectivity index (χ0n) is 4.42. The van der Waals surface area contributed by atoms with E-state index in [9.17, 15) is 0 Å². The molecule has 0 aromatic heterocycles. The molecule has 0 aliphatic carbocycles. The molecule has 3 heteroatoms. The van der Waals surface area contributed by atoms with Crippen molar-refractivity contribution in [1.29, 1.82) is 0 Å². The van der Waals surface area contributed by atoms with E-state index in [0.29, 0.717) is 5.84 Å². The van der Waals surface area contributed by atoms with Gasteiger partial charge in [-0.1, -0.05) is 5.16 Å². The molecule has 0 aromatic carbocycles. The van der Waals surface area contributed by atoms with Crippen LogP contribution in [0.4, 0.5) is 0 Å². The Morgan fingerprint density at radius 1 is 1.71 bits per heavy atom. The van der Waals surface area contributed by atoms with Crippen LogP contribution < -0.4 is 0 Å². The van der Waals surface area contributed by atoms with Gasteiger partial charge in [-0.05, 0) is 13.8 Å². The molecule has 0 amide bonds. The Morgan fingerprint density at radius 2 is 2.29 bits per heavy atom. The van der Waals surface area contributed by atoms with Crippen molar-refractivity contribution < 1.29 is 5.21 Å². The van der Waals surface area contributed by atoms with E-state index >= 15 is 0 Å². The molecule has 0 fully saturated rings. The van der Waals surface area contributed by atoms with Gasteiger partial charge < -0.3 is 5.21 Å². The normalized spacial score (nSPS) is 13.1. The first-order chi connectivity index (χ1) is 3.31. The zero-order chi connectivity index (χ0) is 5.70. The highest BCUT2D eigenvalue weighted by Gasteiger charge is 1.75. The highest BCUT2D eigenvalue weighted by atomic mass is 16.4. The topological polar surface area (TPSA) is 45.0 Å². The van der Waals surface area contributed by atoms with Crippen molar-refractivity contribution in [3.8, 4) is 0 Å². The number of hydrogen-bond donors (Lipinski definition) is 1. The third-order valence-electron chi connectivity index (χ3n) is 0.461. The van der Waals surface area contributed by atoms with Crippen LogP contribution in [0.5, 0.6) is 0 Å². The maximum absolute atomic E-state index is 7.94. The van der Waals surface area contributed by atoms with Gasteiger partial charge in [-0.3, -0.25) is 0 Å². The molecule has 0 atom stereocenters. The second-order valence-corrected chi connectivity index (χ2v) is 1.03. The van der Waals surface area contributed by atoms with E-state index in [4.69, 9.17) is 5.21 Å². The van der Waals surface area contributed by atoms with Gasteiger partial charge in [0.05, 0.1) is 0 Å². The second-order valence-electron chi connectivity index (χ2n) is 1.03. The molecule has 0 aliphatic rings. The lowest BCUT2D eigenvalue weighted by atomic mass is 10.7. The van der Waals surface area contributed by atoms with Crippen molar-refractivity contribution in [2.45, 2.75) is 13.8 Å². The predicted molar refractivity (Wildman–Crippen MR) is 29.1 cm³/mol. The smallest absolute Gasteiger partial charge is 0.163 e. The minimum absolute atomic E-state index is 0.377. The van der Waals surface area contributed by atoms with Gasteiger partial charge in [-0.15, -0.1) is 0 Å². The SMILES string of the molecule is C/C=N\C(C)=N/O. The van der Waals surface area contributed by atoms with Crippen LogP contribution in [-0.2, 0) is 0 Å². The van der Waals surface area contributed by atoms with Crippen LogP contribution in [0.25, 0.3) is 0 Å². The monoisotopic (exact) mass is 100 g/mol. The molecule has 7 heavy (non-hydrogen) atoms. The van der Waals surface area contributed by atoms with E-state index < -0.39 is 0 Å². The number of amidine groups is 1. The number of aliphatic imine (C=N–C) groups is 1. The molecular weight excluding hydrogens is 92.1 g/mol. The van der Waals surface area contributed by atoms with Gasteiger partial charge in [-0.25, -0.2) is 4.99 Å². The molecule has 0 heterocycles. The molecule has 0 bridgehead atoms. The highest BCUT2D eigenvalue weighted by Crippen LogP contribution is 1.71. The molecule has 40 valence electrons. The first-order valence-electron chi connectivity index (χ1n) is 1.98. The lowest BCUT2D eigenvalue weighted by molar-refractivity contribution is 0.318. The van der Waals surface area contributed by atoms with Crippen LogP contribution in [0.2, 0.25) is 0 Å². The Hall–Kier alpha value is -0.860. The molecule has 0 saturated heterocycles. The maximum atomic E-state index is 7.94. The minimum atomic E-state index is 0.377. The molecule has 0 unspecified atom stereocenters. The van der Waals surface area contributed by atoms with Gasteiger partial charge >= 0.3 is 0 Å². The summed E-state index contributed by atoms with van der Waals surface area (Å²) in [4.78, 5) is 3.62. The van der Waals surface area contributed by atoms with Crippen molar-refractivity contribution in [3.63, 3.8) is 0 Å². The number of hydrogen-bond acceptors (Lipinski definition) is 2. The molecule has 3 nitrogen and oxygen atoms in total. The summed E-state index contributed by atoms with van der Waals surface area (Å²) in [7, 11) is 0. The third kappa shape index (κ3) is 2.96. The van der Waals surface area contributed by atoms with Crippen LogP contribution in [-0.4, -0.2) is 17.3 Å². The number of oxime groups is 1. The van der Waals surface area contributed by atoms with Crippen LogP contribution in [0, 0.1) is 0 Å². The van der Waals surface area contributed by atoms with E-state index in [1.54, 1.807) is 20.1 Å². The van der Waals surface area contributed by atoms with Gasteiger partial charge in [0.1, 0.15) is 0 Å². The van der Waals surface area contributed by atoms with Gasteiger partial charge in [0.25, 0.3) is 0 Å². The summed E-state index contributed by atoms with van der Waals surface area (Å²) in [6, 6.07) is 0. The summed E-state index contributed by atoms with van der Waals surface area (Å²) in [5.41, 5.74) is 0. The summed E-state index contributed by atoms with van der Waals surface area (Å²) in [5.74, 6) is 0.377. The summed E-state index contributed by atoms with van der Waals surface area (Å²) < 4.78 is 0. The average Bonchev–Trinajstić information content (AvgIpc) is 1.68. The Balaban J connectivity index is 3.58. The summed E-state index contributed by atoms with van der Waals surface area (Å²) in [5, 5.41) is 10.7. The van der Waals surface area contributed by atoms with Crippen LogP contribution in [0.3, 0.4) is 0 Å². The highest BCUT2D eigenvalue weighted by molar-refractivity contribution is 5.86. The van der Waals surface area contributed by atoms with Crippen molar-refractivity contribution in [3.05, 3.63) is 0 Å². The Kier molecular flexibility index (Phi) is 2.92. The van der Waals surface area contributed by atoms with Gasteiger partial charge in [0.2, 0.25) is 0 Å². The maximum Gasteiger partial charge on any atom is 0.163 e. The Labute approximate surface area is 42.4 Å². The van der Waals surface area contributed by atoms with Gasteiger partial charge in [-0.2, -0.15) is 0 Å². The first kappa shape index (κ1) is 6.14. The molecule has 0 aliphatic heterocycles. The molecule has 0 saturated carbocycles. The summed E-state index contributed by atoms with van der Waals surface area (Å²) >= 11 is 0. The van der Waals surface area contributed by atoms with E-state index in [2.05, 4.69) is 10.1 Å². The van der Waals surface area contributed by atoms with Crippen LogP contribution in [0.15, 0.2) is 10.1 Å². The summed E-state index contributed by atoms with van der Waals surface area (Å²) in [6.07, 6.45) is 1.56. The zero-order valence-corrected chi connectivity index (χ0v) is 4.42. The fourth-order valence-corrected chi connectivity index (χ4v) is 0.213. The molecule has 0 aromatic rings. The van der Waals surface area contributed by atoms with E-state index in [1.165, 1.54) is 0 Å². The molecular formula is C4H8N2O. The summed E-state index contributed by atoms with van der Waals surface area (Å²) in [6.45, 7) is 3.37. The standard InChI is InChI=1S/C4H8N2O/c1-3-5-4(2)6-7/h3,7H,1-2H3/b5-3-,6-4-.